The highest BCUT2D eigenvalue weighted by Crippen LogP contribution is 2.12. The number of carbonyl (C=O) groups is 4. The molecule has 0 saturated heterocycles. The number of hydrogen-bond donors (Lipinski definition) is 0. The van der Waals surface area contributed by atoms with Gasteiger partial charge in [0.2, 0.25) is 0 Å². The number of rotatable bonds is 13. The van der Waals surface area contributed by atoms with Crippen molar-refractivity contribution in [3.05, 3.63) is 71.8 Å². The molecule has 2 aromatic rings. The van der Waals surface area contributed by atoms with Crippen LogP contribution in [0.3, 0.4) is 0 Å². The molecule has 2 atom stereocenters. The molecule has 0 spiro atoms. The zero-order valence-electron chi connectivity index (χ0n) is 23.3. The first kappa shape index (κ1) is 33.2. The number of esters is 2. The lowest BCUT2D eigenvalue weighted by Crippen LogP contribution is -2.48. The van der Waals surface area contributed by atoms with Crippen LogP contribution in [0.15, 0.2) is 60.7 Å². The standard InChI is InChI=1S/C15H21NO4.C13H17NO5/c1-4-10-16(13(11-19-2)15(18)20-3)14(17)12-8-6-5-7-9-12;1-17-9-11(13(16)18-2)14(19-3)12(15)10-7-5-4-6-8-10/h5-9,13H,4,10-11H2,1-3H3;4-8,11H,9H2,1-3H3. The van der Waals surface area contributed by atoms with Crippen LogP contribution in [0.2, 0.25) is 0 Å². The molecule has 0 bridgehead atoms. The molecule has 0 fully saturated rings. The maximum Gasteiger partial charge on any atom is 0.333 e. The van der Waals surface area contributed by atoms with E-state index in [-0.39, 0.29) is 19.1 Å². The predicted octanol–water partition coefficient (Wildman–Crippen LogP) is 2.61. The molecule has 2 amide bonds. The number of hydroxylamine groups is 2. The van der Waals surface area contributed by atoms with E-state index in [1.165, 1.54) is 40.4 Å². The van der Waals surface area contributed by atoms with Crippen molar-refractivity contribution in [3.8, 4) is 0 Å². The van der Waals surface area contributed by atoms with E-state index in [0.29, 0.717) is 17.7 Å². The molecule has 11 heteroatoms. The first-order valence-electron chi connectivity index (χ1n) is 12.2. The van der Waals surface area contributed by atoms with Gasteiger partial charge in [-0.25, -0.2) is 14.7 Å². The Labute approximate surface area is 229 Å². The van der Waals surface area contributed by atoms with Gasteiger partial charge in [-0.05, 0) is 30.7 Å². The van der Waals surface area contributed by atoms with Crippen molar-refractivity contribution in [3.63, 3.8) is 0 Å². The summed E-state index contributed by atoms with van der Waals surface area (Å²) in [5.74, 6) is -1.70. The van der Waals surface area contributed by atoms with Gasteiger partial charge in [0.05, 0.1) is 34.5 Å². The topological polar surface area (TPSA) is 121 Å². The van der Waals surface area contributed by atoms with Crippen molar-refractivity contribution in [2.45, 2.75) is 25.4 Å². The van der Waals surface area contributed by atoms with Crippen molar-refractivity contribution in [2.24, 2.45) is 0 Å². The molecule has 2 unspecified atom stereocenters. The van der Waals surface area contributed by atoms with Gasteiger partial charge in [0.15, 0.2) is 12.1 Å². The number of carbonyl (C=O) groups excluding carboxylic acids is 4. The van der Waals surface area contributed by atoms with Crippen LogP contribution in [0.1, 0.15) is 34.1 Å². The Morgan fingerprint density at radius 2 is 1.10 bits per heavy atom. The predicted molar refractivity (Wildman–Crippen MR) is 143 cm³/mol. The van der Waals surface area contributed by atoms with Gasteiger partial charge in [-0.1, -0.05) is 43.3 Å². The van der Waals surface area contributed by atoms with Gasteiger partial charge in [-0.15, -0.1) is 0 Å². The van der Waals surface area contributed by atoms with E-state index in [9.17, 15) is 19.2 Å². The Morgan fingerprint density at radius 3 is 1.51 bits per heavy atom. The van der Waals surface area contributed by atoms with Crippen LogP contribution in [0.25, 0.3) is 0 Å². The summed E-state index contributed by atoms with van der Waals surface area (Å²) in [4.78, 5) is 54.8. The van der Waals surface area contributed by atoms with E-state index in [1.54, 1.807) is 54.6 Å². The van der Waals surface area contributed by atoms with Gasteiger partial charge in [0.25, 0.3) is 11.8 Å². The van der Waals surface area contributed by atoms with Crippen LogP contribution >= 0.6 is 0 Å². The highest BCUT2D eigenvalue weighted by Gasteiger charge is 2.32. The number of benzene rings is 2. The minimum absolute atomic E-state index is 0.0148. The Bertz CT molecular complexity index is 1020. The third kappa shape index (κ3) is 10.1. The summed E-state index contributed by atoms with van der Waals surface area (Å²) in [5.41, 5.74) is 0.959. The van der Waals surface area contributed by atoms with E-state index in [0.717, 1.165) is 11.5 Å². The van der Waals surface area contributed by atoms with Crippen LogP contribution < -0.4 is 0 Å². The molecule has 0 aliphatic carbocycles. The first-order valence-corrected chi connectivity index (χ1v) is 12.2. The second-order valence-electron chi connectivity index (χ2n) is 8.03. The van der Waals surface area contributed by atoms with Crippen molar-refractivity contribution < 1.29 is 43.0 Å². The molecule has 0 aliphatic heterocycles. The minimum Gasteiger partial charge on any atom is -0.467 e. The van der Waals surface area contributed by atoms with E-state index in [1.807, 2.05) is 13.0 Å². The summed E-state index contributed by atoms with van der Waals surface area (Å²) >= 11 is 0. The Kier molecular flexibility index (Phi) is 15.7. The normalized spacial score (nSPS) is 11.7. The lowest BCUT2D eigenvalue weighted by molar-refractivity contribution is -0.174. The summed E-state index contributed by atoms with van der Waals surface area (Å²) in [5, 5.41) is 0.949. The van der Waals surface area contributed by atoms with Gasteiger partial charge < -0.3 is 23.8 Å². The summed E-state index contributed by atoms with van der Waals surface area (Å²) in [7, 11) is 6.78. The van der Waals surface area contributed by atoms with Crippen LogP contribution in [-0.2, 0) is 33.4 Å². The molecule has 2 aromatic carbocycles. The van der Waals surface area contributed by atoms with Gasteiger partial charge in [0.1, 0.15) is 0 Å². The number of ether oxygens (including phenoxy) is 4. The Hall–Kier alpha value is -3.80. The SMILES string of the molecule is CCCN(C(=O)c1ccccc1)C(COC)C(=O)OC.COCC(C(=O)OC)N(OC)C(=O)c1ccccc1. The molecule has 2 rings (SSSR count). The van der Waals surface area contributed by atoms with Crippen molar-refractivity contribution >= 4 is 23.8 Å². The van der Waals surface area contributed by atoms with Crippen LogP contribution in [-0.4, -0.2) is 101 Å². The zero-order chi connectivity index (χ0) is 29.2. The average Bonchev–Trinajstić information content (AvgIpc) is 2.98. The fraction of sp³-hybridized carbons (Fsp3) is 0.429. The smallest absolute Gasteiger partial charge is 0.333 e. The average molecular weight is 547 g/mol. The Balaban J connectivity index is 0.000000391. The highest BCUT2D eigenvalue weighted by molar-refractivity contribution is 5.97. The molecule has 11 nitrogen and oxygen atoms in total. The molecule has 0 N–H and O–H groups in total. The van der Waals surface area contributed by atoms with Crippen LogP contribution in [0, 0.1) is 0 Å². The second kappa shape index (κ2) is 18.5. The minimum atomic E-state index is -0.951. The summed E-state index contributed by atoms with van der Waals surface area (Å²) in [6.07, 6.45) is 0.746. The molecular formula is C28H38N2O9. The highest BCUT2D eigenvalue weighted by atomic mass is 16.7. The van der Waals surface area contributed by atoms with Gasteiger partial charge in [-0.2, -0.15) is 0 Å². The maximum absolute atomic E-state index is 12.5. The number of nitrogens with zero attached hydrogens (tertiary/aromatic N) is 2. The van der Waals surface area contributed by atoms with Crippen LogP contribution in [0.4, 0.5) is 0 Å². The quantitative estimate of drug-likeness (QED) is 0.276. The van der Waals surface area contributed by atoms with Gasteiger partial charge in [0, 0.05) is 31.9 Å². The third-order valence-corrected chi connectivity index (χ3v) is 5.42. The van der Waals surface area contributed by atoms with E-state index < -0.39 is 29.9 Å². The molecule has 39 heavy (non-hydrogen) atoms. The van der Waals surface area contributed by atoms with Crippen molar-refractivity contribution in [2.75, 3.05) is 55.3 Å². The summed E-state index contributed by atoms with van der Waals surface area (Å²) < 4.78 is 19.4. The second-order valence-corrected chi connectivity index (χ2v) is 8.03. The largest absolute Gasteiger partial charge is 0.467 e. The molecule has 0 saturated carbocycles. The fourth-order valence-electron chi connectivity index (χ4n) is 3.55. The van der Waals surface area contributed by atoms with E-state index in [2.05, 4.69) is 4.74 Å². The Morgan fingerprint density at radius 1 is 0.667 bits per heavy atom. The summed E-state index contributed by atoms with van der Waals surface area (Å²) in [6, 6.07) is 15.7. The third-order valence-electron chi connectivity index (χ3n) is 5.42. The zero-order valence-corrected chi connectivity index (χ0v) is 23.3. The molecule has 0 heterocycles. The van der Waals surface area contributed by atoms with Crippen molar-refractivity contribution in [1.82, 2.24) is 9.96 Å². The lowest BCUT2D eigenvalue weighted by Gasteiger charge is -2.29. The van der Waals surface area contributed by atoms with Crippen molar-refractivity contribution in [1.29, 1.82) is 0 Å². The molecule has 0 radical (unpaired) electrons. The number of amides is 2. The molecule has 0 aliphatic rings. The van der Waals surface area contributed by atoms with E-state index in [4.69, 9.17) is 19.0 Å². The number of methoxy groups -OCH3 is 4. The number of hydrogen-bond acceptors (Lipinski definition) is 9. The molecule has 214 valence electrons. The fourth-order valence-corrected chi connectivity index (χ4v) is 3.55. The lowest BCUT2D eigenvalue weighted by atomic mass is 10.1. The molecular weight excluding hydrogens is 508 g/mol. The first-order chi connectivity index (χ1) is 18.8. The molecule has 0 aromatic heterocycles. The van der Waals surface area contributed by atoms with Gasteiger partial charge in [-0.3, -0.25) is 14.4 Å². The van der Waals surface area contributed by atoms with Gasteiger partial charge >= 0.3 is 11.9 Å². The monoisotopic (exact) mass is 546 g/mol. The van der Waals surface area contributed by atoms with Crippen LogP contribution in [0.5, 0.6) is 0 Å². The summed E-state index contributed by atoms with van der Waals surface area (Å²) in [6.45, 7) is 2.52. The van der Waals surface area contributed by atoms with E-state index >= 15 is 0 Å². The maximum atomic E-state index is 12.5.